The molecule has 0 aliphatic heterocycles. The van der Waals surface area contributed by atoms with E-state index in [1.165, 1.54) is 32.1 Å². The van der Waals surface area contributed by atoms with Gasteiger partial charge in [0.2, 0.25) is 0 Å². The van der Waals surface area contributed by atoms with Crippen molar-refractivity contribution in [3.05, 3.63) is 0 Å². The van der Waals surface area contributed by atoms with Crippen LogP contribution in [0.15, 0.2) is 0 Å². The van der Waals surface area contributed by atoms with Crippen molar-refractivity contribution in [3.8, 4) is 0 Å². The van der Waals surface area contributed by atoms with Gasteiger partial charge in [-0.25, -0.2) is 0 Å². The van der Waals surface area contributed by atoms with E-state index < -0.39 is 0 Å². The Morgan fingerprint density at radius 2 is 2.00 bits per heavy atom. The molecule has 0 radical (unpaired) electrons. The van der Waals surface area contributed by atoms with Crippen molar-refractivity contribution in [1.82, 2.24) is 5.32 Å². The van der Waals surface area contributed by atoms with Crippen LogP contribution < -0.4 is 5.32 Å². The highest BCUT2D eigenvalue weighted by atomic mass is 16.5. The third-order valence-electron chi connectivity index (χ3n) is 2.74. The number of ether oxygens (including phenoxy) is 1. The van der Waals surface area contributed by atoms with Gasteiger partial charge < -0.3 is 4.74 Å². The lowest BCUT2D eigenvalue weighted by Crippen LogP contribution is -2.38. The van der Waals surface area contributed by atoms with E-state index >= 15 is 0 Å². The van der Waals surface area contributed by atoms with Gasteiger partial charge in [-0.15, -0.1) is 0 Å². The Balaban J connectivity index is 2.29. The summed E-state index contributed by atoms with van der Waals surface area (Å²) in [5, 5.41) is 3.38. The van der Waals surface area contributed by atoms with E-state index in [0.717, 1.165) is 12.5 Å². The highest BCUT2D eigenvalue weighted by Crippen LogP contribution is 2.26. The molecule has 1 unspecified atom stereocenters. The fourth-order valence-electron chi connectivity index (χ4n) is 2.08. The normalized spacial score (nSPS) is 22.5. The molecule has 1 aliphatic rings. The molecule has 0 aromatic carbocycles. The molecule has 0 spiro atoms. The summed E-state index contributed by atoms with van der Waals surface area (Å²) in [5.41, 5.74) is 0. The lowest BCUT2D eigenvalue weighted by atomic mass is 9.88. The molecule has 2 heteroatoms. The molecular formula is C10H21NO. The number of nitrogens with one attached hydrogen (secondary N) is 1. The predicted molar refractivity (Wildman–Crippen MR) is 51.0 cm³/mol. The number of rotatable bonds is 4. The second kappa shape index (κ2) is 5.55. The number of hydrogen-bond donors (Lipinski definition) is 1. The van der Waals surface area contributed by atoms with Crippen LogP contribution in [-0.4, -0.2) is 19.9 Å². The third kappa shape index (κ3) is 2.76. The molecule has 1 saturated carbocycles. The van der Waals surface area contributed by atoms with Crippen molar-refractivity contribution in [2.75, 3.05) is 13.7 Å². The first-order valence-electron chi connectivity index (χ1n) is 5.14. The lowest BCUT2D eigenvalue weighted by molar-refractivity contribution is 0.0127. The Morgan fingerprint density at radius 3 is 2.50 bits per heavy atom. The van der Waals surface area contributed by atoms with Crippen molar-refractivity contribution in [2.45, 2.75) is 45.3 Å². The van der Waals surface area contributed by atoms with Gasteiger partial charge in [0.25, 0.3) is 0 Å². The molecule has 1 N–H and O–H groups in total. The molecule has 1 fully saturated rings. The Bertz CT molecular complexity index is 108. The molecule has 2 nitrogen and oxygen atoms in total. The highest BCUT2D eigenvalue weighted by Gasteiger charge is 2.21. The van der Waals surface area contributed by atoms with E-state index in [2.05, 4.69) is 12.2 Å². The first kappa shape index (κ1) is 10.0. The van der Waals surface area contributed by atoms with Crippen LogP contribution in [0.4, 0.5) is 0 Å². The number of methoxy groups -OCH3 is 1. The average Bonchev–Trinajstić information content (AvgIpc) is 2.15. The maximum atomic E-state index is 5.42. The van der Waals surface area contributed by atoms with Crippen molar-refractivity contribution in [1.29, 1.82) is 0 Å². The minimum atomic E-state index is 0.301. The molecule has 1 aliphatic carbocycles. The van der Waals surface area contributed by atoms with Crippen LogP contribution in [0.1, 0.15) is 39.0 Å². The van der Waals surface area contributed by atoms with Crippen LogP contribution in [0.25, 0.3) is 0 Å². The summed E-state index contributed by atoms with van der Waals surface area (Å²) in [7, 11) is 1.81. The summed E-state index contributed by atoms with van der Waals surface area (Å²) in [6.45, 7) is 3.14. The Morgan fingerprint density at radius 1 is 1.33 bits per heavy atom. The molecule has 0 amide bonds. The average molecular weight is 171 g/mol. The largest absolute Gasteiger partial charge is 0.366 e. The monoisotopic (exact) mass is 171 g/mol. The standard InChI is InChI=1S/C10H21NO/c1-3-11-10(12-2)9-7-5-4-6-8-9/h9-11H,3-8H2,1-2H3. The van der Waals surface area contributed by atoms with Crippen LogP contribution in [0, 0.1) is 5.92 Å². The molecule has 0 bridgehead atoms. The zero-order valence-corrected chi connectivity index (χ0v) is 8.31. The smallest absolute Gasteiger partial charge is 0.110 e. The molecule has 12 heavy (non-hydrogen) atoms. The second-order valence-corrected chi connectivity index (χ2v) is 3.61. The predicted octanol–water partition coefficient (Wildman–Crippen LogP) is 2.15. The maximum absolute atomic E-state index is 5.42. The fraction of sp³-hybridized carbons (Fsp3) is 1.00. The molecule has 0 saturated heterocycles. The summed E-state index contributed by atoms with van der Waals surface area (Å²) in [6.07, 6.45) is 7.16. The first-order chi connectivity index (χ1) is 5.88. The van der Waals surface area contributed by atoms with Crippen molar-refractivity contribution in [2.24, 2.45) is 5.92 Å². The van der Waals surface area contributed by atoms with E-state index in [4.69, 9.17) is 4.74 Å². The summed E-state index contributed by atoms with van der Waals surface area (Å²) in [5.74, 6) is 0.753. The van der Waals surface area contributed by atoms with E-state index in [1.807, 2.05) is 7.11 Å². The van der Waals surface area contributed by atoms with Gasteiger partial charge in [0.15, 0.2) is 0 Å². The Kier molecular flexibility index (Phi) is 4.62. The van der Waals surface area contributed by atoms with Gasteiger partial charge in [0.05, 0.1) is 0 Å². The van der Waals surface area contributed by atoms with Crippen LogP contribution >= 0.6 is 0 Å². The van der Waals surface area contributed by atoms with Gasteiger partial charge in [-0.05, 0) is 25.3 Å². The second-order valence-electron chi connectivity index (χ2n) is 3.61. The summed E-state index contributed by atoms with van der Waals surface area (Å²) in [4.78, 5) is 0. The summed E-state index contributed by atoms with van der Waals surface area (Å²) < 4.78 is 5.42. The minimum absolute atomic E-state index is 0.301. The topological polar surface area (TPSA) is 21.3 Å². The quantitative estimate of drug-likeness (QED) is 0.654. The molecule has 0 heterocycles. The van der Waals surface area contributed by atoms with Crippen LogP contribution in [0.2, 0.25) is 0 Å². The van der Waals surface area contributed by atoms with Gasteiger partial charge in [0, 0.05) is 7.11 Å². The Labute approximate surface area is 75.7 Å². The van der Waals surface area contributed by atoms with E-state index in [0.29, 0.717) is 6.23 Å². The molecule has 0 aromatic heterocycles. The van der Waals surface area contributed by atoms with Crippen LogP contribution in [-0.2, 0) is 4.74 Å². The van der Waals surface area contributed by atoms with Crippen molar-refractivity contribution in [3.63, 3.8) is 0 Å². The van der Waals surface area contributed by atoms with Crippen LogP contribution in [0.5, 0.6) is 0 Å². The van der Waals surface area contributed by atoms with Gasteiger partial charge in [0.1, 0.15) is 6.23 Å². The highest BCUT2D eigenvalue weighted by molar-refractivity contribution is 4.72. The fourth-order valence-corrected chi connectivity index (χ4v) is 2.08. The van der Waals surface area contributed by atoms with Gasteiger partial charge in [-0.2, -0.15) is 0 Å². The molecular weight excluding hydrogens is 150 g/mol. The molecule has 72 valence electrons. The zero-order valence-electron chi connectivity index (χ0n) is 8.31. The van der Waals surface area contributed by atoms with E-state index in [1.54, 1.807) is 0 Å². The van der Waals surface area contributed by atoms with E-state index in [-0.39, 0.29) is 0 Å². The minimum Gasteiger partial charge on any atom is -0.366 e. The summed E-state index contributed by atoms with van der Waals surface area (Å²) >= 11 is 0. The van der Waals surface area contributed by atoms with Crippen molar-refractivity contribution < 1.29 is 4.74 Å². The van der Waals surface area contributed by atoms with Gasteiger partial charge >= 0.3 is 0 Å². The molecule has 1 rings (SSSR count). The Hall–Kier alpha value is -0.0800. The SMILES string of the molecule is CCNC(OC)C1CCCCC1. The van der Waals surface area contributed by atoms with Crippen LogP contribution in [0.3, 0.4) is 0 Å². The molecule has 1 atom stereocenters. The third-order valence-corrected chi connectivity index (χ3v) is 2.74. The van der Waals surface area contributed by atoms with Crippen molar-refractivity contribution >= 4 is 0 Å². The van der Waals surface area contributed by atoms with Gasteiger partial charge in [-0.1, -0.05) is 26.2 Å². The molecule has 0 aromatic rings. The summed E-state index contributed by atoms with van der Waals surface area (Å²) in [6, 6.07) is 0. The lowest BCUT2D eigenvalue weighted by Gasteiger charge is -2.29. The van der Waals surface area contributed by atoms with E-state index in [9.17, 15) is 0 Å². The number of hydrogen-bond acceptors (Lipinski definition) is 2. The maximum Gasteiger partial charge on any atom is 0.110 e. The zero-order chi connectivity index (χ0) is 8.81. The van der Waals surface area contributed by atoms with Gasteiger partial charge in [-0.3, -0.25) is 5.32 Å². The first-order valence-corrected chi connectivity index (χ1v) is 5.14.